The third-order valence-corrected chi connectivity index (χ3v) is 3.57. The van der Waals surface area contributed by atoms with Crippen LogP contribution in [0.2, 0.25) is 0 Å². The molecule has 0 aliphatic carbocycles. The van der Waals surface area contributed by atoms with Gasteiger partial charge in [-0.05, 0) is 18.3 Å². The van der Waals surface area contributed by atoms with Crippen molar-refractivity contribution in [1.29, 1.82) is 0 Å². The molecule has 0 saturated heterocycles. The highest BCUT2D eigenvalue weighted by Gasteiger charge is 2.21. The van der Waals surface area contributed by atoms with Crippen molar-refractivity contribution in [2.24, 2.45) is 17.7 Å². The zero-order valence-electron chi connectivity index (χ0n) is 11.5. The van der Waals surface area contributed by atoms with Gasteiger partial charge in [0.1, 0.15) is 5.82 Å². The second-order valence-electron chi connectivity index (χ2n) is 5.12. The van der Waals surface area contributed by atoms with E-state index in [9.17, 15) is 0 Å². The van der Waals surface area contributed by atoms with Crippen LogP contribution in [0.4, 0.5) is 0 Å². The molecule has 0 aliphatic rings. The van der Waals surface area contributed by atoms with Crippen LogP contribution < -0.4 is 11.3 Å². The molecule has 1 aromatic rings. The molecular weight excluding hydrogens is 212 g/mol. The first-order valence-corrected chi connectivity index (χ1v) is 6.56. The van der Waals surface area contributed by atoms with Crippen LogP contribution in [0, 0.1) is 11.8 Å². The van der Waals surface area contributed by atoms with Crippen LogP contribution in [-0.2, 0) is 13.0 Å². The van der Waals surface area contributed by atoms with Gasteiger partial charge in [-0.1, -0.05) is 27.7 Å². The summed E-state index contributed by atoms with van der Waals surface area (Å²) >= 11 is 0. The first-order valence-electron chi connectivity index (χ1n) is 6.56. The van der Waals surface area contributed by atoms with E-state index in [1.165, 1.54) is 0 Å². The summed E-state index contributed by atoms with van der Waals surface area (Å²) in [6, 6.07) is 0.285. The molecule has 0 saturated carbocycles. The number of hydrazine groups is 1. The van der Waals surface area contributed by atoms with Crippen molar-refractivity contribution in [3.63, 3.8) is 0 Å². The van der Waals surface area contributed by atoms with Crippen LogP contribution in [0.15, 0.2) is 12.4 Å². The van der Waals surface area contributed by atoms with Crippen LogP contribution in [0.25, 0.3) is 0 Å². The van der Waals surface area contributed by atoms with Gasteiger partial charge in [0, 0.05) is 31.4 Å². The van der Waals surface area contributed by atoms with Crippen LogP contribution in [-0.4, -0.2) is 15.6 Å². The van der Waals surface area contributed by atoms with Crippen molar-refractivity contribution < 1.29 is 0 Å². The molecule has 0 radical (unpaired) electrons. The van der Waals surface area contributed by atoms with Gasteiger partial charge in [0.25, 0.3) is 0 Å². The summed E-state index contributed by atoms with van der Waals surface area (Å²) in [7, 11) is 0. The summed E-state index contributed by atoms with van der Waals surface area (Å²) in [4.78, 5) is 4.43. The molecule has 1 heterocycles. The van der Waals surface area contributed by atoms with Crippen molar-refractivity contribution in [2.75, 3.05) is 0 Å². The number of hydrogen-bond donors (Lipinski definition) is 2. The molecule has 98 valence electrons. The molecule has 0 bridgehead atoms. The predicted octanol–water partition coefficient (Wildman–Crippen LogP) is 1.96. The van der Waals surface area contributed by atoms with E-state index in [0.717, 1.165) is 25.2 Å². The van der Waals surface area contributed by atoms with Crippen molar-refractivity contribution >= 4 is 0 Å². The fourth-order valence-electron chi connectivity index (χ4n) is 2.03. The van der Waals surface area contributed by atoms with Gasteiger partial charge in [0.2, 0.25) is 0 Å². The zero-order chi connectivity index (χ0) is 12.8. The average Bonchev–Trinajstić information content (AvgIpc) is 2.73. The Morgan fingerprint density at radius 3 is 2.65 bits per heavy atom. The molecule has 2 unspecified atom stereocenters. The smallest absolute Gasteiger partial charge is 0.110 e. The number of aromatic nitrogens is 2. The Balaban J connectivity index is 2.70. The van der Waals surface area contributed by atoms with Gasteiger partial charge in [-0.15, -0.1) is 0 Å². The maximum Gasteiger partial charge on any atom is 0.110 e. The first kappa shape index (κ1) is 14.2. The van der Waals surface area contributed by atoms with Gasteiger partial charge < -0.3 is 4.57 Å². The normalized spacial score (nSPS) is 15.2. The Morgan fingerprint density at radius 1 is 1.41 bits per heavy atom. The number of rotatable bonds is 7. The molecule has 0 aromatic carbocycles. The lowest BCUT2D eigenvalue weighted by Gasteiger charge is -2.26. The molecule has 0 aliphatic heterocycles. The van der Waals surface area contributed by atoms with E-state index >= 15 is 0 Å². The minimum atomic E-state index is 0.285. The molecule has 0 spiro atoms. The summed E-state index contributed by atoms with van der Waals surface area (Å²) in [6.07, 6.45) is 5.94. The van der Waals surface area contributed by atoms with Crippen molar-refractivity contribution in [3.05, 3.63) is 18.2 Å². The summed E-state index contributed by atoms with van der Waals surface area (Å²) in [6.45, 7) is 9.91. The topological polar surface area (TPSA) is 55.9 Å². The number of imidazole rings is 1. The first-order chi connectivity index (χ1) is 8.10. The molecule has 0 fully saturated rings. The number of nitrogens with two attached hydrogens (primary N) is 1. The molecule has 2 atom stereocenters. The maximum absolute atomic E-state index is 5.67. The molecule has 0 amide bonds. The van der Waals surface area contributed by atoms with Gasteiger partial charge in [-0.25, -0.2) is 4.98 Å². The van der Waals surface area contributed by atoms with Gasteiger partial charge in [0.15, 0.2) is 0 Å². The van der Waals surface area contributed by atoms with Gasteiger partial charge in [-0.3, -0.25) is 11.3 Å². The number of hydrogen-bond acceptors (Lipinski definition) is 3. The van der Waals surface area contributed by atoms with Crippen molar-refractivity contribution in [2.45, 2.75) is 53.1 Å². The quantitative estimate of drug-likeness (QED) is 0.564. The highest BCUT2D eigenvalue weighted by molar-refractivity contribution is 4.96. The van der Waals surface area contributed by atoms with Gasteiger partial charge >= 0.3 is 0 Å². The monoisotopic (exact) mass is 238 g/mol. The Labute approximate surface area is 105 Å². The third kappa shape index (κ3) is 3.82. The number of nitrogens with zero attached hydrogens (tertiary/aromatic N) is 2. The second kappa shape index (κ2) is 6.77. The standard InChI is InChI=1S/C13H26N4/c1-5-7-17-8-6-15-13(17)9-12(16-14)11(4)10(2)3/h6,8,10-12,16H,5,7,9,14H2,1-4H3. The highest BCUT2D eigenvalue weighted by atomic mass is 15.2. The molecule has 1 rings (SSSR count). The van der Waals surface area contributed by atoms with Crippen LogP contribution >= 0.6 is 0 Å². The lowest BCUT2D eigenvalue weighted by Crippen LogP contribution is -2.43. The Morgan fingerprint density at radius 2 is 2.12 bits per heavy atom. The third-order valence-electron chi connectivity index (χ3n) is 3.57. The zero-order valence-corrected chi connectivity index (χ0v) is 11.5. The van der Waals surface area contributed by atoms with Crippen molar-refractivity contribution in [3.8, 4) is 0 Å². The average molecular weight is 238 g/mol. The summed E-state index contributed by atoms with van der Waals surface area (Å²) < 4.78 is 2.22. The van der Waals surface area contributed by atoms with E-state index in [4.69, 9.17) is 5.84 Å². The van der Waals surface area contributed by atoms with Crippen molar-refractivity contribution in [1.82, 2.24) is 15.0 Å². The van der Waals surface area contributed by atoms with E-state index < -0.39 is 0 Å². The predicted molar refractivity (Wildman–Crippen MR) is 71.3 cm³/mol. The molecular formula is C13H26N4. The Kier molecular flexibility index (Phi) is 5.65. The molecule has 4 nitrogen and oxygen atoms in total. The van der Waals surface area contributed by atoms with E-state index in [0.29, 0.717) is 11.8 Å². The fourth-order valence-corrected chi connectivity index (χ4v) is 2.03. The fraction of sp³-hybridized carbons (Fsp3) is 0.769. The second-order valence-corrected chi connectivity index (χ2v) is 5.12. The molecule has 17 heavy (non-hydrogen) atoms. The Bertz CT molecular complexity index is 319. The van der Waals surface area contributed by atoms with E-state index in [-0.39, 0.29) is 6.04 Å². The minimum Gasteiger partial charge on any atom is -0.335 e. The summed E-state index contributed by atoms with van der Waals surface area (Å²) in [5.74, 6) is 7.94. The van der Waals surface area contributed by atoms with E-state index in [2.05, 4.69) is 42.7 Å². The molecule has 3 N–H and O–H groups in total. The van der Waals surface area contributed by atoms with Crippen LogP contribution in [0.1, 0.15) is 39.9 Å². The van der Waals surface area contributed by atoms with Crippen LogP contribution in [0.5, 0.6) is 0 Å². The summed E-state index contributed by atoms with van der Waals surface area (Å²) in [5, 5.41) is 0. The largest absolute Gasteiger partial charge is 0.335 e. The van der Waals surface area contributed by atoms with Gasteiger partial charge in [0.05, 0.1) is 0 Å². The lowest BCUT2D eigenvalue weighted by atomic mass is 9.88. The number of aryl methyl sites for hydroxylation is 1. The lowest BCUT2D eigenvalue weighted by molar-refractivity contribution is 0.294. The molecule has 4 heteroatoms. The minimum absolute atomic E-state index is 0.285. The van der Waals surface area contributed by atoms with E-state index in [1.807, 2.05) is 12.4 Å². The van der Waals surface area contributed by atoms with Crippen LogP contribution in [0.3, 0.4) is 0 Å². The summed E-state index contributed by atoms with van der Waals surface area (Å²) in [5.41, 5.74) is 2.94. The molecule has 1 aromatic heterocycles. The van der Waals surface area contributed by atoms with Gasteiger partial charge in [-0.2, -0.15) is 0 Å². The van der Waals surface area contributed by atoms with E-state index in [1.54, 1.807) is 0 Å². The number of nitrogens with one attached hydrogen (secondary N) is 1. The Hall–Kier alpha value is -0.870. The maximum atomic E-state index is 5.67. The highest BCUT2D eigenvalue weighted by Crippen LogP contribution is 2.17. The SMILES string of the molecule is CCCn1ccnc1CC(NN)C(C)C(C)C.